The van der Waals surface area contributed by atoms with E-state index in [0.717, 1.165) is 18.6 Å². The Hall–Kier alpha value is -1.38. The minimum absolute atomic E-state index is 0.0449. The van der Waals surface area contributed by atoms with Gasteiger partial charge in [0.05, 0.1) is 11.1 Å². The molecule has 0 N–H and O–H groups in total. The van der Waals surface area contributed by atoms with Crippen molar-refractivity contribution >= 4 is 11.6 Å². The van der Waals surface area contributed by atoms with Crippen molar-refractivity contribution in [1.29, 1.82) is 0 Å². The molecule has 0 bridgehead atoms. The van der Waals surface area contributed by atoms with Gasteiger partial charge in [-0.25, -0.2) is 5.01 Å². The van der Waals surface area contributed by atoms with Crippen molar-refractivity contribution in [1.82, 2.24) is 5.01 Å². The first-order valence-corrected chi connectivity index (χ1v) is 6.23. The van der Waals surface area contributed by atoms with Gasteiger partial charge in [-0.3, -0.25) is 4.79 Å². The van der Waals surface area contributed by atoms with E-state index in [1.54, 1.807) is 7.05 Å². The van der Waals surface area contributed by atoms with Crippen molar-refractivity contribution in [2.45, 2.75) is 33.1 Å². The molecule has 0 aromatic carbocycles. The first-order chi connectivity index (χ1) is 8.00. The topological polar surface area (TPSA) is 32.7 Å². The van der Waals surface area contributed by atoms with Crippen LogP contribution in [0.2, 0.25) is 0 Å². The molecule has 1 amide bonds. The van der Waals surface area contributed by atoms with Crippen molar-refractivity contribution < 1.29 is 4.79 Å². The smallest absolute Gasteiger partial charge is 0.251 e. The predicted molar refractivity (Wildman–Crippen MR) is 69.6 cm³/mol. The van der Waals surface area contributed by atoms with Crippen LogP contribution < -0.4 is 0 Å². The molecule has 2 rings (SSSR count). The molecular formula is C14H20N2O. The monoisotopic (exact) mass is 232 g/mol. The number of carbonyl (C=O) groups excluding carboxylic acids is 1. The van der Waals surface area contributed by atoms with Gasteiger partial charge in [0, 0.05) is 13.0 Å². The largest absolute Gasteiger partial charge is 0.272 e. The molecule has 0 aromatic heterocycles. The van der Waals surface area contributed by atoms with Gasteiger partial charge in [0.1, 0.15) is 0 Å². The van der Waals surface area contributed by atoms with Crippen LogP contribution in [0.5, 0.6) is 0 Å². The van der Waals surface area contributed by atoms with Crippen molar-refractivity contribution in [3.8, 4) is 0 Å². The third-order valence-corrected chi connectivity index (χ3v) is 3.42. The van der Waals surface area contributed by atoms with Crippen molar-refractivity contribution in [2.75, 3.05) is 7.05 Å². The summed E-state index contributed by atoms with van der Waals surface area (Å²) in [7, 11) is 1.74. The Morgan fingerprint density at radius 1 is 1.47 bits per heavy atom. The molecule has 1 aliphatic heterocycles. The molecule has 0 spiro atoms. The van der Waals surface area contributed by atoms with Gasteiger partial charge in [-0.2, -0.15) is 5.10 Å². The number of hydrazone groups is 1. The number of carbonyl (C=O) groups is 1. The average Bonchev–Trinajstić information content (AvgIpc) is 2.42. The highest BCUT2D eigenvalue weighted by Crippen LogP contribution is 2.26. The lowest BCUT2D eigenvalue weighted by atomic mass is 9.88. The van der Waals surface area contributed by atoms with Crippen molar-refractivity contribution in [3.05, 3.63) is 24.3 Å². The molecule has 0 aromatic rings. The molecule has 0 fully saturated rings. The summed E-state index contributed by atoms with van der Waals surface area (Å²) < 4.78 is 0. The maximum absolute atomic E-state index is 12.0. The first-order valence-electron chi connectivity index (χ1n) is 6.23. The molecule has 1 atom stereocenters. The van der Waals surface area contributed by atoms with E-state index < -0.39 is 5.41 Å². The Labute approximate surface area is 103 Å². The molecule has 0 saturated carbocycles. The third-order valence-electron chi connectivity index (χ3n) is 3.42. The highest BCUT2D eigenvalue weighted by atomic mass is 16.2. The second kappa shape index (κ2) is 4.47. The van der Waals surface area contributed by atoms with Gasteiger partial charge in [0.25, 0.3) is 5.91 Å². The molecule has 0 radical (unpaired) electrons. The van der Waals surface area contributed by atoms with E-state index in [1.165, 1.54) is 11.4 Å². The summed E-state index contributed by atoms with van der Waals surface area (Å²) in [5.41, 5.74) is 0.542. The molecule has 1 unspecified atom stereocenters. The summed E-state index contributed by atoms with van der Waals surface area (Å²) in [4.78, 5) is 12.0. The molecule has 92 valence electrons. The van der Waals surface area contributed by atoms with Gasteiger partial charge in [-0.05, 0) is 39.2 Å². The van der Waals surface area contributed by atoms with Crippen LogP contribution in [0.1, 0.15) is 33.1 Å². The normalized spacial score (nSPS) is 27.9. The fraction of sp³-hybridized carbons (Fsp3) is 0.571. The summed E-state index contributed by atoms with van der Waals surface area (Å²) in [5.74, 6) is 0.410. The molecular weight excluding hydrogens is 212 g/mol. The Morgan fingerprint density at radius 3 is 2.88 bits per heavy atom. The number of hydrogen-bond acceptors (Lipinski definition) is 2. The SMILES string of the molecule is CN1N=C(C2C=CCCC2)C=CC(C)(C)C1=O. The summed E-state index contributed by atoms with van der Waals surface area (Å²) in [6, 6.07) is 0. The van der Waals surface area contributed by atoms with Gasteiger partial charge in [0.15, 0.2) is 0 Å². The van der Waals surface area contributed by atoms with Crippen LogP contribution >= 0.6 is 0 Å². The van der Waals surface area contributed by atoms with Gasteiger partial charge in [-0.15, -0.1) is 0 Å². The molecule has 3 nitrogen and oxygen atoms in total. The van der Waals surface area contributed by atoms with E-state index in [2.05, 4.69) is 17.3 Å². The zero-order valence-corrected chi connectivity index (χ0v) is 10.8. The number of amides is 1. The fourth-order valence-corrected chi connectivity index (χ4v) is 2.29. The van der Waals surface area contributed by atoms with Gasteiger partial charge < -0.3 is 0 Å². The summed E-state index contributed by atoms with van der Waals surface area (Å²) in [5, 5.41) is 5.92. The summed E-state index contributed by atoms with van der Waals surface area (Å²) in [6.45, 7) is 3.86. The molecule has 2 aliphatic rings. The lowest BCUT2D eigenvalue weighted by molar-refractivity contribution is -0.136. The lowest BCUT2D eigenvalue weighted by Crippen LogP contribution is -2.33. The molecule has 17 heavy (non-hydrogen) atoms. The summed E-state index contributed by atoms with van der Waals surface area (Å²) in [6.07, 6.45) is 11.9. The Kier molecular flexibility index (Phi) is 3.18. The van der Waals surface area contributed by atoms with Crippen LogP contribution in [-0.2, 0) is 4.79 Å². The number of allylic oxidation sites excluding steroid dienone is 3. The van der Waals surface area contributed by atoms with Gasteiger partial charge in [0.2, 0.25) is 0 Å². The predicted octanol–water partition coefficient (Wildman–Crippen LogP) is 2.75. The molecule has 3 heteroatoms. The van der Waals surface area contributed by atoms with E-state index in [1.807, 2.05) is 26.0 Å². The molecule has 0 saturated heterocycles. The second-order valence-electron chi connectivity index (χ2n) is 5.37. The van der Waals surface area contributed by atoms with Gasteiger partial charge >= 0.3 is 0 Å². The van der Waals surface area contributed by atoms with E-state index in [-0.39, 0.29) is 5.91 Å². The minimum Gasteiger partial charge on any atom is -0.272 e. The van der Waals surface area contributed by atoms with Crippen molar-refractivity contribution in [2.24, 2.45) is 16.4 Å². The number of nitrogens with zero attached hydrogens (tertiary/aromatic N) is 2. The number of hydrogen-bond donors (Lipinski definition) is 0. The Balaban J connectivity index is 2.28. The van der Waals surface area contributed by atoms with Crippen molar-refractivity contribution in [3.63, 3.8) is 0 Å². The molecule has 1 aliphatic carbocycles. The number of rotatable bonds is 1. The zero-order valence-electron chi connectivity index (χ0n) is 10.8. The highest BCUT2D eigenvalue weighted by molar-refractivity contribution is 6.01. The highest BCUT2D eigenvalue weighted by Gasteiger charge is 2.30. The van der Waals surface area contributed by atoms with E-state index in [9.17, 15) is 4.79 Å². The van der Waals surface area contributed by atoms with Crippen LogP contribution in [0.25, 0.3) is 0 Å². The van der Waals surface area contributed by atoms with Crippen LogP contribution in [-0.4, -0.2) is 23.7 Å². The van der Waals surface area contributed by atoms with E-state index >= 15 is 0 Å². The first kappa shape index (κ1) is 12.1. The molecule has 1 heterocycles. The van der Waals surface area contributed by atoms with Gasteiger partial charge in [-0.1, -0.05) is 18.2 Å². The standard InChI is InChI=1S/C14H20N2O/c1-14(2)10-9-12(15-16(3)13(14)17)11-7-5-4-6-8-11/h5,7,9-11H,4,6,8H2,1-3H3. The Morgan fingerprint density at radius 2 is 2.24 bits per heavy atom. The lowest BCUT2D eigenvalue weighted by Gasteiger charge is -2.21. The maximum Gasteiger partial charge on any atom is 0.251 e. The Bertz CT molecular complexity index is 404. The van der Waals surface area contributed by atoms with Crippen LogP contribution in [0.3, 0.4) is 0 Å². The third kappa shape index (κ3) is 2.48. The second-order valence-corrected chi connectivity index (χ2v) is 5.37. The minimum atomic E-state index is -0.460. The van der Waals surface area contributed by atoms with Crippen LogP contribution in [0.4, 0.5) is 0 Å². The van der Waals surface area contributed by atoms with Crippen LogP contribution in [0, 0.1) is 11.3 Å². The fourth-order valence-electron chi connectivity index (χ4n) is 2.29. The quantitative estimate of drug-likeness (QED) is 0.640. The maximum atomic E-state index is 12.0. The zero-order chi connectivity index (χ0) is 12.5. The summed E-state index contributed by atoms with van der Waals surface area (Å²) >= 11 is 0. The average molecular weight is 232 g/mol. The van der Waals surface area contributed by atoms with Crippen LogP contribution in [0.15, 0.2) is 29.4 Å². The van der Waals surface area contributed by atoms with E-state index in [4.69, 9.17) is 0 Å². The van der Waals surface area contributed by atoms with E-state index in [0.29, 0.717) is 5.92 Å².